The summed E-state index contributed by atoms with van der Waals surface area (Å²) in [5.74, 6) is -0.350. The smallest absolute Gasteiger partial charge is 0.348 e. The maximum atomic E-state index is 11.2. The molecule has 1 aromatic rings. The highest BCUT2D eigenvalue weighted by Gasteiger charge is 2.12. The number of rotatable bonds is 2. The van der Waals surface area contributed by atoms with Crippen molar-refractivity contribution in [2.45, 2.75) is 13.8 Å². The number of esters is 1. The van der Waals surface area contributed by atoms with Crippen molar-refractivity contribution in [2.24, 2.45) is 0 Å². The van der Waals surface area contributed by atoms with Gasteiger partial charge in [-0.15, -0.1) is 11.3 Å². The standard InChI is InChI=1S/C9H9NO2S/c1-3-12-9(11)8-4-7(5-10)6(2)13-8/h4H,3H2,1-2H3. The number of carbonyl (C=O) groups excluding carboxylic acids is 1. The summed E-state index contributed by atoms with van der Waals surface area (Å²) in [5.41, 5.74) is 0.549. The van der Waals surface area contributed by atoms with Gasteiger partial charge in [0.15, 0.2) is 0 Å². The fourth-order valence-electron chi connectivity index (χ4n) is 0.896. The second-order valence-electron chi connectivity index (χ2n) is 2.41. The molecule has 0 fully saturated rings. The first kappa shape index (κ1) is 9.75. The zero-order valence-electron chi connectivity index (χ0n) is 7.46. The van der Waals surface area contributed by atoms with Gasteiger partial charge in [0.25, 0.3) is 0 Å². The van der Waals surface area contributed by atoms with Gasteiger partial charge in [-0.3, -0.25) is 0 Å². The van der Waals surface area contributed by atoms with Crippen LogP contribution in [0.3, 0.4) is 0 Å². The number of hydrogen-bond acceptors (Lipinski definition) is 4. The molecule has 0 atom stereocenters. The number of nitrogens with zero attached hydrogens (tertiary/aromatic N) is 1. The normalized spacial score (nSPS) is 9.31. The van der Waals surface area contributed by atoms with Gasteiger partial charge in [-0.25, -0.2) is 4.79 Å². The molecule has 0 spiro atoms. The Hall–Kier alpha value is -1.34. The summed E-state index contributed by atoms with van der Waals surface area (Å²) in [6.07, 6.45) is 0. The molecule has 0 aromatic carbocycles. The SMILES string of the molecule is CCOC(=O)c1cc(C#N)c(C)s1. The molecule has 0 radical (unpaired) electrons. The van der Waals surface area contributed by atoms with Gasteiger partial charge in [0.1, 0.15) is 10.9 Å². The third-order valence-electron chi connectivity index (χ3n) is 1.51. The number of ether oxygens (including phenoxy) is 1. The molecule has 0 aliphatic heterocycles. The van der Waals surface area contributed by atoms with E-state index in [0.717, 1.165) is 4.88 Å². The van der Waals surface area contributed by atoms with Crippen LogP contribution in [-0.2, 0) is 4.74 Å². The third kappa shape index (κ3) is 2.07. The molecule has 4 heteroatoms. The Morgan fingerprint density at radius 2 is 2.46 bits per heavy atom. The van der Waals surface area contributed by atoms with Crippen molar-refractivity contribution < 1.29 is 9.53 Å². The summed E-state index contributed by atoms with van der Waals surface area (Å²) in [5, 5.41) is 8.65. The molecule has 68 valence electrons. The van der Waals surface area contributed by atoms with Gasteiger partial charge in [0.05, 0.1) is 12.2 Å². The lowest BCUT2D eigenvalue weighted by Gasteiger charge is -1.95. The van der Waals surface area contributed by atoms with Gasteiger partial charge in [-0.05, 0) is 19.9 Å². The highest BCUT2D eigenvalue weighted by molar-refractivity contribution is 7.14. The molecule has 0 amide bonds. The van der Waals surface area contributed by atoms with E-state index >= 15 is 0 Å². The van der Waals surface area contributed by atoms with E-state index in [1.54, 1.807) is 13.0 Å². The second-order valence-corrected chi connectivity index (χ2v) is 3.67. The van der Waals surface area contributed by atoms with Crippen LogP contribution in [0.25, 0.3) is 0 Å². The summed E-state index contributed by atoms with van der Waals surface area (Å²) in [6, 6.07) is 3.58. The van der Waals surface area contributed by atoms with Crippen molar-refractivity contribution in [1.29, 1.82) is 5.26 Å². The molecule has 1 heterocycles. The Bertz CT molecular complexity index is 362. The second kappa shape index (κ2) is 4.06. The Morgan fingerprint density at radius 1 is 1.77 bits per heavy atom. The fourth-order valence-corrected chi connectivity index (χ4v) is 1.76. The van der Waals surface area contributed by atoms with Crippen molar-refractivity contribution in [3.05, 3.63) is 21.4 Å². The van der Waals surface area contributed by atoms with E-state index in [1.807, 2.05) is 13.0 Å². The highest BCUT2D eigenvalue weighted by Crippen LogP contribution is 2.21. The van der Waals surface area contributed by atoms with Gasteiger partial charge >= 0.3 is 5.97 Å². The Morgan fingerprint density at radius 3 is 2.92 bits per heavy atom. The minimum atomic E-state index is -0.350. The van der Waals surface area contributed by atoms with Crippen molar-refractivity contribution in [3.8, 4) is 6.07 Å². The monoisotopic (exact) mass is 195 g/mol. The number of carbonyl (C=O) groups is 1. The quantitative estimate of drug-likeness (QED) is 0.679. The molecule has 1 rings (SSSR count). The summed E-state index contributed by atoms with van der Waals surface area (Å²) >= 11 is 1.29. The maximum absolute atomic E-state index is 11.2. The summed E-state index contributed by atoms with van der Waals surface area (Å²) in [4.78, 5) is 12.6. The first-order valence-corrected chi connectivity index (χ1v) is 4.68. The van der Waals surface area contributed by atoms with Gasteiger partial charge in [-0.2, -0.15) is 5.26 Å². The molecular formula is C9H9NO2S. The van der Waals surface area contributed by atoms with Crippen LogP contribution in [0, 0.1) is 18.3 Å². The molecular weight excluding hydrogens is 186 g/mol. The van der Waals surface area contributed by atoms with E-state index in [1.165, 1.54) is 11.3 Å². The van der Waals surface area contributed by atoms with Crippen LogP contribution in [0.15, 0.2) is 6.07 Å². The number of nitriles is 1. The Kier molecular flexibility index (Phi) is 3.04. The van der Waals surface area contributed by atoms with E-state index in [2.05, 4.69) is 0 Å². The van der Waals surface area contributed by atoms with Crippen LogP contribution in [0.4, 0.5) is 0 Å². The van der Waals surface area contributed by atoms with Crippen LogP contribution in [0.5, 0.6) is 0 Å². The lowest BCUT2D eigenvalue weighted by Crippen LogP contribution is -2.01. The van der Waals surface area contributed by atoms with Gasteiger partial charge < -0.3 is 4.74 Å². The lowest BCUT2D eigenvalue weighted by molar-refractivity contribution is 0.0532. The molecule has 0 saturated carbocycles. The first-order valence-electron chi connectivity index (χ1n) is 3.86. The zero-order chi connectivity index (χ0) is 9.84. The molecule has 0 aliphatic rings. The van der Waals surface area contributed by atoms with Gasteiger partial charge in [0.2, 0.25) is 0 Å². The Labute approximate surface area is 80.6 Å². The largest absolute Gasteiger partial charge is 0.462 e. The van der Waals surface area contributed by atoms with Crippen LogP contribution in [0.2, 0.25) is 0 Å². The fraction of sp³-hybridized carbons (Fsp3) is 0.333. The van der Waals surface area contributed by atoms with E-state index in [-0.39, 0.29) is 5.97 Å². The van der Waals surface area contributed by atoms with Crippen molar-refractivity contribution >= 4 is 17.3 Å². The first-order chi connectivity index (χ1) is 6.19. The lowest BCUT2D eigenvalue weighted by atomic mass is 10.3. The number of aryl methyl sites for hydroxylation is 1. The summed E-state index contributed by atoms with van der Waals surface area (Å²) in [7, 11) is 0. The van der Waals surface area contributed by atoms with Crippen LogP contribution in [0.1, 0.15) is 27.0 Å². The van der Waals surface area contributed by atoms with Crippen molar-refractivity contribution in [2.75, 3.05) is 6.61 Å². The van der Waals surface area contributed by atoms with Crippen LogP contribution >= 0.6 is 11.3 Å². The number of thiophene rings is 1. The molecule has 0 saturated heterocycles. The molecule has 3 nitrogen and oxygen atoms in total. The maximum Gasteiger partial charge on any atom is 0.348 e. The van der Waals surface area contributed by atoms with Gasteiger partial charge in [-0.1, -0.05) is 0 Å². The van der Waals surface area contributed by atoms with E-state index in [9.17, 15) is 4.79 Å². The van der Waals surface area contributed by atoms with Gasteiger partial charge in [0, 0.05) is 4.88 Å². The highest BCUT2D eigenvalue weighted by atomic mass is 32.1. The van der Waals surface area contributed by atoms with Crippen LogP contribution < -0.4 is 0 Å². The Balaban J connectivity index is 2.92. The molecule has 0 N–H and O–H groups in total. The van der Waals surface area contributed by atoms with E-state index < -0.39 is 0 Å². The molecule has 0 aliphatic carbocycles. The summed E-state index contributed by atoms with van der Waals surface area (Å²) < 4.78 is 4.80. The topological polar surface area (TPSA) is 50.1 Å². The molecule has 0 unspecified atom stereocenters. The van der Waals surface area contributed by atoms with Crippen molar-refractivity contribution in [3.63, 3.8) is 0 Å². The molecule has 13 heavy (non-hydrogen) atoms. The molecule has 1 aromatic heterocycles. The number of hydrogen-bond donors (Lipinski definition) is 0. The zero-order valence-corrected chi connectivity index (χ0v) is 8.27. The van der Waals surface area contributed by atoms with E-state index in [4.69, 9.17) is 10.00 Å². The minimum Gasteiger partial charge on any atom is -0.462 e. The average molecular weight is 195 g/mol. The molecule has 0 bridgehead atoms. The predicted molar refractivity (Wildman–Crippen MR) is 49.7 cm³/mol. The van der Waals surface area contributed by atoms with E-state index in [0.29, 0.717) is 17.0 Å². The van der Waals surface area contributed by atoms with Crippen LogP contribution in [-0.4, -0.2) is 12.6 Å². The summed E-state index contributed by atoms with van der Waals surface area (Å²) in [6.45, 7) is 3.92. The minimum absolute atomic E-state index is 0.350. The third-order valence-corrected chi connectivity index (χ3v) is 2.55. The predicted octanol–water partition coefficient (Wildman–Crippen LogP) is 2.10. The van der Waals surface area contributed by atoms with Crippen molar-refractivity contribution in [1.82, 2.24) is 0 Å². The average Bonchev–Trinajstić information content (AvgIpc) is 2.47.